The number of anilines is 1. The fourth-order valence-corrected chi connectivity index (χ4v) is 2.84. The fraction of sp³-hybridized carbons (Fsp3) is 0.385. The fourth-order valence-electron chi connectivity index (χ4n) is 2.05. The molecule has 0 radical (unpaired) electrons. The van der Waals surface area contributed by atoms with Gasteiger partial charge in [-0.15, -0.1) is 0 Å². The largest absolute Gasteiger partial charge is 0.304 e. The second-order valence-corrected chi connectivity index (χ2v) is 5.14. The molecular formula is C13H14BrNO2. The van der Waals surface area contributed by atoms with Gasteiger partial charge in [0.15, 0.2) is 0 Å². The highest BCUT2D eigenvalue weighted by Gasteiger charge is 2.36. The molecule has 1 amide bonds. The molecule has 0 saturated heterocycles. The van der Waals surface area contributed by atoms with Crippen LogP contribution < -0.4 is 4.90 Å². The molecule has 1 heterocycles. The standard InChI is InChI=1S/C13H14BrNO2/c1-3-4-5-15-11-9(12(16)13(15)17)6-8(2)7-10(11)14/h6-7H,3-5H2,1-2H3. The Bertz CT molecular complexity index is 496. The first-order valence-electron chi connectivity index (χ1n) is 5.72. The summed E-state index contributed by atoms with van der Waals surface area (Å²) in [7, 11) is 0. The molecule has 1 aromatic rings. The number of carbonyl (C=O) groups is 2. The molecule has 0 atom stereocenters. The second-order valence-electron chi connectivity index (χ2n) is 4.28. The lowest BCUT2D eigenvalue weighted by atomic mass is 10.1. The highest BCUT2D eigenvalue weighted by molar-refractivity contribution is 9.10. The molecule has 0 spiro atoms. The maximum Gasteiger partial charge on any atom is 0.299 e. The van der Waals surface area contributed by atoms with Crippen LogP contribution >= 0.6 is 15.9 Å². The van der Waals surface area contributed by atoms with Crippen LogP contribution in [0.15, 0.2) is 16.6 Å². The van der Waals surface area contributed by atoms with Crippen LogP contribution in [0.2, 0.25) is 0 Å². The first-order chi connectivity index (χ1) is 8.06. The van der Waals surface area contributed by atoms with Crippen molar-refractivity contribution >= 4 is 33.3 Å². The Morgan fingerprint density at radius 3 is 2.65 bits per heavy atom. The van der Waals surface area contributed by atoms with Gasteiger partial charge in [0.25, 0.3) is 11.7 Å². The number of aryl methyl sites for hydroxylation is 1. The van der Waals surface area contributed by atoms with Crippen LogP contribution in [-0.4, -0.2) is 18.2 Å². The molecule has 0 saturated carbocycles. The van der Waals surface area contributed by atoms with Crippen LogP contribution in [0.25, 0.3) is 0 Å². The highest BCUT2D eigenvalue weighted by Crippen LogP contribution is 2.37. The van der Waals surface area contributed by atoms with Crippen LogP contribution in [0.3, 0.4) is 0 Å². The number of nitrogens with zero attached hydrogens (tertiary/aromatic N) is 1. The maximum atomic E-state index is 11.9. The van der Waals surface area contributed by atoms with Gasteiger partial charge in [-0.05, 0) is 47.0 Å². The van der Waals surface area contributed by atoms with E-state index in [2.05, 4.69) is 22.9 Å². The summed E-state index contributed by atoms with van der Waals surface area (Å²) in [5.74, 6) is -0.791. The molecule has 90 valence electrons. The Hall–Kier alpha value is -1.16. The predicted octanol–water partition coefficient (Wildman–Crippen LogP) is 3.09. The number of carbonyl (C=O) groups excluding carboxylic acids is 2. The zero-order valence-electron chi connectivity index (χ0n) is 9.92. The molecule has 1 aliphatic rings. The van der Waals surface area contributed by atoms with Crippen LogP contribution in [0.1, 0.15) is 35.7 Å². The van der Waals surface area contributed by atoms with Crippen molar-refractivity contribution < 1.29 is 9.59 Å². The van der Waals surface area contributed by atoms with E-state index in [0.717, 1.165) is 28.6 Å². The van der Waals surface area contributed by atoms with Gasteiger partial charge in [0.2, 0.25) is 0 Å². The van der Waals surface area contributed by atoms with Crippen molar-refractivity contribution in [2.75, 3.05) is 11.4 Å². The number of benzene rings is 1. The average Bonchev–Trinajstić information content (AvgIpc) is 2.51. The topological polar surface area (TPSA) is 37.4 Å². The minimum atomic E-state index is -0.403. The van der Waals surface area contributed by atoms with Crippen molar-refractivity contribution in [2.24, 2.45) is 0 Å². The number of amides is 1. The molecule has 0 aliphatic carbocycles. The van der Waals surface area contributed by atoms with Gasteiger partial charge < -0.3 is 4.90 Å². The monoisotopic (exact) mass is 295 g/mol. The zero-order chi connectivity index (χ0) is 12.6. The summed E-state index contributed by atoms with van der Waals surface area (Å²) in [6.07, 6.45) is 1.90. The van der Waals surface area contributed by atoms with Gasteiger partial charge in [-0.1, -0.05) is 13.3 Å². The molecular weight excluding hydrogens is 282 g/mol. The van der Waals surface area contributed by atoms with Gasteiger partial charge in [-0.3, -0.25) is 9.59 Å². The van der Waals surface area contributed by atoms with Crippen LogP contribution in [0.4, 0.5) is 5.69 Å². The molecule has 0 unspecified atom stereocenters. The summed E-state index contributed by atoms with van der Waals surface area (Å²) in [6.45, 7) is 4.58. The number of hydrogen-bond donors (Lipinski definition) is 0. The SMILES string of the molecule is CCCCN1C(=O)C(=O)c2cc(C)cc(Br)c21. The highest BCUT2D eigenvalue weighted by atomic mass is 79.9. The molecule has 0 N–H and O–H groups in total. The van der Waals surface area contributed by atoms with Crippen LogP contribution in [-0.2, 0) is 4.79 Å². The number of hydrogen-bond acceptors (Lipinski definition) is 2. The van der Waals surface area contributed by atoms with Gasteiger partial charge in [0, 0.05) is 11.0 Å². The summed E-state index contributed by atoms with van der Waals surface area (Å²) in [5.41, 5.74) is 2.24. The number of Topliss-reactive ketones (excluding diaryl/α,β-unsaturated/α-hetero) is 1. The van der Waals surface area contributed by atoms with Crippen molar-refractivity contribution in [3.05, 3.63) is 27.7 Å². The lowest BCUT2D eigenvalue weighted by Crippen LogP contribution is -2.30. The first kappa shape index (κ1) is 12.3. The van der Waals surface area contributed by atoms with E-state index in [0.29, 0.717) is 12.1 Å². The third kappa shape index (κ3) is 2.02. The van der Waals surface area contributed by atoms with Crippen molar-refractivity contribution in [1.29, 1.82) is 0 Å². The van der Waals surface area contributed by atoms with E-state index in [1.54, 1.807) is 11.0 Å². The lowest BCUT2D eigenvalue weighted by Gasteiger charge is -2.17. The molecule has 0 bridgehead atoms. The van der Waals surface area contributed by atoms with Crippen molar-refractivity contribution in [3.8, 4) is 0 Å². The molecule has 17 heavy (non-hydrogen) atoms. The average molecular weight is 296 g/mol. The van der Waals surface area contributed by atoms with E-state index in [4.69, 9.17) is 0 Å². The molecule has 1 aromatic carbocycles. The predicted molar refractivity (Wildman–Crippen MR) is 70.5 cm³/mol. The van der Waals surface area contributed by atoms with Gasteiger partial charge >= 0.3 is 0 Å². The van der Waals surface area contributed by atoms with E-state index in [9.17, 15) is 9.59 Å². The van der Waals surface area contributed by atoms with Gasteiger partial charge in [-0.25, -0.2) is 0 Å². The zero-order valence-corrected chi connectivity index (χ0v) is 11.5. The van der Waals surface area contributed by atoms with E-state index in [1.165, 1.54) is 0 Å². The Morgan fingerprint density at radius 1 is 1.29 bits per heavy atom. The maximum absolute atomic E-state index is 11.9. The van der Waals surface area contributed by atoms with Crippen molar-refractivity contribution in [3.63, 3.8) is 0 Å². The van der Waals surface area contributed by atoms with E-state index in [-0.39, 0.29) is 5.78 Å². The van der Waals surface area contributed by atoms with E-state index < -0.39 is 5.91 Å². The minimum Gasteiger partial charge on any atom is -0.304 e. The first-order valence-corrected chi connectivity index (χ1v) is 6.52. The van der Waals surface area contributed by atoms with Gasteiger partial charge in [-0.2, -0.15) is 0 Å². The number of rotatable bonds is 3. The molecule has 4 heteroatoms. The van der Waals surface area contributed by atoms with Gasteiger partial charge in [0.05, 0.1) is 11.3 Å². The molecule has 2 rings (SSSR count). The van der Waals surface area contributed by atoms with Crippen molar-refractivity contribution in [2.45, 2.75) is 26.7 Å². The molecule has 0 aromatic heterocycles. The molecule has 1 aliphatic heterocycles. The number of halogens is 1. The van der Waals surface area contributed by atoms with E-state index in [1.807, 2.05) is 13.0 Å². The summed E-state index contributed by atoms with van der Waals surface area (Å²) >= 11 is 3.44. The quantitative estimate of drug-likeness (QED) is 0.804. The number of ketones is 1. The normalized spacial score (nSPS) is 14.4. The third-order valence-corrected chi connectivity index (χ3v) is 3.50. The number of unbranched alkanes of at least 4 members (excludes halogenated alkanes) is 1. The Balaban J connectivity index is 2.48. The Morgan fingerprint density at radius 2 is 2.00 bits per heavy atom. The Kier molecular flexibility index (Phi) is 3.33. The third-order valence-electron chi connectivity index (χ3n) is 2.90. The van der Waals surface area contributed by atoms with Crippen LogP contribution in [0.5, 0.6) is 0 Å². The summed E-state index contributed by atoms with van der Waals surface area (Å²) in [4.78, 5) is 25.3. The molecule has 3 nitrogen and oxygen atoms in total. The number of fused-ring (bicyclic) bond motifs is 1. The summed E-state index contributed by atoms with van der Waals surface area (Å²) in [5, 5.41) is 0. The van der Waals surface area contributed by atoms with Crippen LogP contribution in [0, 0.1) is 6.92 Å². The second kappa shape index (κ2) is 4.61. The summed E-state index contributed by atoms with van der Waals surface area (Å²) in [6, 6.07) is 3.72. The summed E-state index contributed by atoms with van der Waals surface area (Å²) < 4.78 is 0.822. The smallest absolute Gasteiger partial charge is 0.299 e. The van der Waals surface area contributed by atoms with Crippen molar-refractivity contribution in [1.82, 2.24) is 0 Å². The lowest BCUT2D eigenvalue weighted by molar-refractivity contribution is -0.114. The minimum absolute atomic E-state index is 0.388. The van der Waals surface area contributed by atoms with E-state index >= 15 is 0 Å². The van der Waals surface area contributed by atoms with Gasteiger partial charge in [0.1, 0.15) is 0 Å². The molecule has 0 fully saturated rings. The Labute approximate surface area is 109 Å².